The van der Waals surface area contributed by atoms with Crippen LogP contribution in [0.3, 0.4) is 0 Å². The van der Waals surface area contributed by atoms with Crippen LogP contribution in [0.15, 0.2) is 81.6 Å². The normalized spacial score (nSPS) is 11.2. The molecule has 9 nitrogen and oxygen atoms in total. The first-order chi connectivity index (χ1) is 17.2. The summed E-state index contributed by atoms with van der Waals surface area (Å²) in [5, 5.41) is 4.67. The van der Waals surface area contributed by atoms with E-state index in [-0.39, 0.29) is 4.90 Å². The highest BCUT2D eigenvalue weighted by Gasteiger charge is 2.21. The molecule has 36 heavy (non-hydrogen) atoms. The Labute approximate surface area is 219 Å². The van der Waals surface area contributed by atoms with E-state index in [0.717, 1.165) is 14.6 Å². The number of fused-ring (bicyclic) bond motifs is 1. The summed E-state index contributed by atoms with van der Waals surface area (Å²) in [5.41, 5.74) is 0.420. The van der Waals surface area contributed by atoms with Crippen molar-refractivity contribution in [2.75, 3.05) is 29.9 Å². The minimum absolute atomic E-state index is 0.179. The highest BCUT2D eigenvalue weighted by Crippen LogP contribution is 2.27. The molecule has 1 heterocycles. The van der Waals surface area contributed by atoms with Crippen molar-refractivity contribution >= 4 is 70.8 Å². The van der Waals surface area contributed by atoms with E-state index < -0.39 is 35.1 Å². The van der Waals surface area contributed by atoms with Gasteiger partial charge in [-0.15, -0.1) is 0 Å². The highest BCUT2D eigenvalue weighted by molar-refractivity contribution is 9.11. The molecule has 1 N–H and O–H groups in total. The lowest BCUT2D eigenvalue weighted by Gasteiger charge is -2.20. The van der Waals surface area contributed by atoms with Crippen molar-refractivity contribution < 1.29 is 27.5 Å². The zero-order chi connectivity index (χ0) is 25.7. The number of nitrogens with zero attached hydrogens (tertiary/aromatic N) is 2. The number of carbonyl (C=O) groups is 2. The molecule has 0 saturated heterocycles. The number of sulfonamides is 1. The number of esters is 1. The number of hydrogen-bond donors (Lipinski definition) is 1. The van der Waals surface area contributed by atoms with Crippen molar-refractivity contribution in [2.45, 2.75) is 4.90 Å². The fraction of sp³-hybridized carbons (Fsp3) is 0.125. The molecule has 0 radical (unpaired) electrons. The Morgan fingerprint density at radius 1 is 1.03 bits per heavy atom. The quantitative estimate of drug-likeness (QED) is 0.287. The predicted molar refractivity (Wildman–Crippen MR) is 141 cm³/mol. The summed E-state index contributed by atoms with van der Waals surface area (Å²) in [6.45, 7) is -0.892. The molecule has 0 saturated carbocycles. The van der Waals surface area contributed by atoms with Crippen LogP contribution in [0, 0.1) is 0 Å². The van der Waals surface area contributed by atoms with Crippen LogP contribution in [0.5, 0.6) is 5.75 Å². The Kier molecular flexibility index (Phi) is 7.87. The fourth-order valence-corrected chi connectivity index (χ4v) is 5.53. The molecule has 1 amide bonds. The van der Waals surface area contributed by atoms with E-state index in [9.17, 15) is 18.0 Å². The molecule has 0 unspecified atom stereocenters. The lowest BCUT2D eigenvalue weighted by Crippen LogP contribution is -2.26. The summed E-state index contributed by atoms with van der Waals surface area (Å²) in [6, 6.07) is 18.7. The van der Waals surface area contributed by atoms with Crippen LogP contribution < -0.4 is 14.4 Å². The minimum atomic E-state index is -3.78. The Morgan fingerprint density at radius 3 is 2.44 bits per heavy atom. The molecular formula is C24H20BrN3O6S2. The van der Waals surface area contributed by atoms with E-state index in [4.69, 9.17) is 9.47 Å². The minimum Gasteiger partial charge on any atom is -0.482 e. The van der Waals surface area contributed by atoms with Crippen LogP contribution in [0.1, 0.15) is 0 Å². The van der Waals surface area contributed by atoms with Crippen molar-refractivity contribution in [1.82, 2.24) is 4.98 Å². The molecule has 0 atom stereocenters. The lowest BCUT2D eigenvalue weighted by atomic mass is 10.1. The van der Waals surface area contributed by atoms with Gasteiger partial charge in [0.05, 0.1) is 20.6 Å². The van der Waals surface area contributed by atoms with Gasteiger partial charge in [-0.2, -0.15) is 0 Å². The molecule has 0 bridgehead atoms. The molecule has 4 rings (SSSR count). The van der Waals surface area contributed by atoms with Gasteiger partial charge >= 0.3 is 5.97 Å². The van der Waals surface area contributed by atoms with Crippen molar-refractivity contribution in [3.05, 3.63) is 76.7 Å². The second-order valence-corrected chi connectivity index (χ2v) is 11.8. The first-order valence-electron chi connectivity index (χ1n) is 10.5. The van der Waals surface area contributed by atoms with E-state index in [2.05, 4.69) is 26.2 Å². The summed E-state index contributed by atoms with van der Waals surface area (Å²) >= 11 is 4.47. The van der Waals surface area contributed by atoms with Crippen LogP contribution >= 0.6 is 27.3 Å². The SMILES string of the molecule is CN(c1ccc(OCC(=O)OCC(=O)Nc2ncc(Br)s2)cc1)S(=O)(=O)c1ccc2ccccc2c1. The molecule has 3 aromatic carbocycles. The number of aromatic nitrogens is 1. The molecule has 186 valence electrons. The number of ether oxygens (including phenoxy) is 2. The van der Waals surface area contributed by atoms with Gasteiger partial charge < -0.3 is 9.47 Å². The summed E-state index contributed by atoms with van der Waals surface area (Å²) < 4.78 is 38.4. The third-order valence-corrected chi connectivity index (χ3v) is 8.20. The van der Waals surface area contributed by atoms with E-state index in [0.29, 0.717) is 16.6 Å². The maximum absolute atomic E-state index is 13.1. The van der Waals surface area contributed by atoms with E-state index >= 15 is 0 Å². The monoisotopic (exact) mass is 589 g/mol. The summed E-state index contributed by atoms with van der Waals surface area (Å²) in [6.07, 6.45) is 1.54. The Hall–Kier alpha value is -3.48. The molecule has 1 aromatic heterocycles. The van der Waals surface area contributed by atoms with Crippen LogP contribution in [0.4, 0.5) is 10.8 Å². The van der Waals surface area contributed by atoms with E-state index in [1.807, 2.05) is 24.3 Å². The zero-order valence-corrected chi connectivity index (χ0v) is 22.1. The van der Waals surface area contributed by atoms with Gasteiger partial charge in [0.1, 0.15) is 5.75 Å². The van der Waals surface area contributed by atoms with Crippen LogP contribution in [0.25, 0.3) is 10.8 Å². The fourth-order valence-electron chi connectivity index (χ4n) is 3.17. The molecule has 12 heteroatoms. The lowest BCUT2D eigenvalue weighted by molar-refractivity contribution is -0.149. The Bertz CT molecular complexity index is 1510. The predicted octanol–water partition coefficient (Wildman–Crippen LogP) is 4.44. The van der Waals surface area contributed by atoms with Crippen LogP contribution in [-0.2, 0) is 24.3 Å². The third-order valence-electron chi connectivity index (χ3n) is 5.02. The maximum atomic E-state index is 13.1. The van der Waals surface area contributed by atoms with Crippen molar-refractivity contribution in [2.24, 2.45) is 0 Å². The zero-order valence-electron chi connectivity index (χ0n) is 18.9. The number of amides is 1. The molecule has 4 aromatic rings. The smallest absolute Gasteiger partial charge is 0.344 e. The number of halogens is 1. The average molecular weight is 590 g/mol. The standard InChI is InChI=1S/C24H20BrN3O6S2/c1-28(36(31,32)20-11-6-16-4-2-3-5-17(16)12-20)18-7-9-19(10-8-18)33-15-23(30)34-14-22(29)27-24-26-13-21(25)35-24/h2-13H,14-15H2,1H3,(H,26,27,29). The van der Waals surface area contributed by atoms with Gasteiger partial charge in [-0.1, -0.05) is 41.7 Å². The van der Waals surface area contributed by atoms with Gasteiger partial charge in [0.25, 0.3) is 15.9 Å². The van der Waals surface area contributed by atoms with Gasteiger partial charge in [0, 0.05) is 7.05 Å². The number of carbonyl (C=O) groups excluding carboxylic acids is 2. The van der Waals surface area contributed by atoms with E-state index in [1.165, 1.54) is 22.7 Å². The number of thiazole rings is 1. The van der Waals surface area contributed by atoms with Gasteiger partial charge in [-0.05, 0) is 63.1 Å². The summed E-state index contributed by atoms with van der Waals surface area (Å²) in [5.74, 6) is -0.917. The molecule has 0 aliphatic carbocycles. The van der Waals surface area contributed by atoms with Crippen LogP contribution in [0.2, 0.25) is 0 Å². The van der Waals surface area contributed by atoms with Crippen molar-refractivity contribution in [1.29, 1.82) is 0 Å². The first kappa shape index (κ1) is 25.6. The van der Waals surface area contributed by atoms with Gasteiger partial charge in [0.15, 0.2) is 18.3 Å². The Balaban J connectivity index is 1.30. The van der Waals surface area contributed by atoms with Crippen molar-refractivity contribution in [3.63, 3.8) is 0 Å². The number of rotatable bonds is 9. The Morgan fingerprint density at radius 2 is 1.75 bits per heavy atom. The highest BCUT2D eigenvalue weighted by atomic mass is 79.9. The molecule has 0 spiro atoms. The number of benzene rings is 3. The second kappa shape index (κ2) is 11.1. The molecular weight excluding hydrogens is 570 g/mol. The second-order valence-electron chi connectivity index (χ2n) is 7.44. The summed E-state index contributed by atoms with van der Waals surface area (Å²) in [7, 11) is -2.32. The number of anilines is 2. The van der Waals surface area contributed by atoms with E-state index in [1.54, 1.807) is 48.7 Å². The maximum Gasteiger partial charge on any atom is 0.344 e. The van der Waals surface area contributed by atoms with Gasteiger partial charge in [0.2, 0.25) is 0 Å². The number of nitrogens with one attached hydrogen (secondary N) is 1. The number of hydrogen-bond acceptors (Lipinski definition) is 8. The summed E-state index contributed by atoms with van der Waals surface area (Å²) in [4.78, 5) is 27.9. The average Bonchev–Trinajstić information content (AvgIpc) is 3.29. The topological polar surface area (TPSA) is 115 Å². The molecule has 0 aliphatic heterocycles. The third kappa shape index (κ3) is 6.20. The largest absolute Gasteiger partial charge is 0.482 e. The molecule has 0 fully saturated rings. The van der Waals surface area contributed by atoms with Crippen LogP contribution in [-0.4, -0.2) is 45.5 Å². The molecule has 0 aliphatic rings. The van der Waals surface area contributed by atoms with Crippen molar-refractivity contribution in [3.8, 4) is 5.75 Å². The first-order valence-corrected chi connectivity index (χ1v) is 13.5. The van der Waals surface area contributed by atoms with Gasteiger partial charge in [-0.25, -0.2) is 18.2 Å². The van der Waals surface area contributed by atoms with Gasteiger partial charge in [-0.3, -0.25) is 14.4 Å².